The van der Waals surface area contributed by atoms with Crippen LogP contribution in [0.4, 0.5) is 4.39 Å². The molecule has 2 amide bonds. The number of rotatable bonds is 10. The maximum Gasteiger partial charge on any atom is 0.261 e. The number of hydrogen-bond donors (Lipinski definition) is 1. The summed E-state index contributed by atoms with van der Waals surface area (Å²) in [6.45, 7) is 1.99. The molecule has 0 spiro atoms. The second kappa shape index (κ2) is 12.4. The lowest BCUT2D eigenvalue weighted by molar-refractivity contribution is -0.142. The molecule has 0 saturated carbocycles. The molecule has 0 aromatic heterocycles. The van der Waals surface area contributed by atoms with Crippen molar-refractivity contribution in [1.82, 2.24) is 10.2 Å². The summed E-state index contributed by atoms with van der Waals surface area (Å²) in [6, 6.07) is 19.2. The van der Waals surface area contributed by atoms with E-state index >= 15 is 0 Å². The number of benzene rings is 3. The zero-order chi connectivity index (χ0) is 24.5. The van der Waals surface area contributed by atoms with Crippen molar-refractivity contribution < 1.29 is 18.7 Å². The second-order valence-electron chi connectivity index (χ2n) is 7.61. The number of amides is 2. The van der Waals surface area contributed by atoms with Crippen molar-refractivity contribution >= 4 is 35.0 Å². The molecule has 0 aliphatic carbocycles. The highest BCUT2D eigenvalue weighted by Crippen LogP contribution is 2.27. The lowest BCUT2D eigenvalue weighted by atomic mass is 10.0. The van der Waals surface area contributed by atoms with Crippen LogP contribution >= 0.6 is 23.2 Å². The highest BCUT2D eigenvalue weighted by Gasteiger charge is 2.30. The van der Waals surface area contributed by atoms with Crippen LogP contribution in [0.25, 0.3) is 0 Å². The average Bonchev–Trinajstić information content (AvgIpc) is 2.82. The van der Waals surface area contributed by atoms with Gasteiger partial charge in [0.25, 0.3) is 5.91 Å². The average molecular weight is 503 g/mol. The summed E-state index contributed by atoms with van der Waals surface area (Å²) in [5, 5.41) is 3.53. The zero-order valence-corrected chi connectivity index (χ0v) is 20.2. The minimum atomic E-state index is -0.802. The first-order chi connectivity index (χ1) is 16.4. The number of carbonyl (C=O) groups excluding carboxylic acids is 2. The van der Waals surface area contributed by atoms with Crippen LogP contribution in [-0.2, 0) is 22.6 Å². The normalized spacial score (nSPS) is 11.5. The predicted octanol–water partition coefficient (Wildman–Crippen LogP) is 5.29. The SMILES string of the molecule is CCNC(=O)C(Cc1ccccc1)N(Cc1ccc(F)cc1)C(=O)COc1ccc(Cl)cc1Cl. The molecule has 5 nitrogen and oxygen atoms in total. The molecule has 8 heteroatoms. The molecule has 0 aliphatic rings. The number of halogens is 3. The van der Waals surface area contributed by atoms with E-state index in [1.807, 2.05) is 37.3 Å². The summed E-state index contributed by atoms with van der Waals surface area (Å²) in [6.07, 6.45) is 0.307. The van der Waals surface area contributed by atoms with Crippen molar-refractivity contribution in [3.05, 3.63) is 99.8 Å². The van der Waals surface area contributed by atoms with E-state index in [2.05, 4.69) is 5.32 Å². The summed E-state index contributed by atoms with van der Waals surface area (Å²) >= 11 is 12.1. The van der Waals surface area contributed by atoms with E-state index in [0.29, 0.717) is 29.3 Å². The van der Waals surface area contributed by atoms with Gasteiger partial charge in [0, 0.05) is 24.5 Å². The molecule has 34 heavy (non-hydrogen) atoms. The van der Waals surface area contributed by atoms with Gasteiger partial charge in [0.05, 0.1) is 5.02 Å². The standard InChI is InChI=1S/C26H25Cl2FN2O3/c1-2-30-26(33)23(14-18-6-4-3-5-7-18)31(16-19-8-11-21(29)12-9-19)25(32)17-34-24-13-10-20(27)15-22(24)28/h3-13,15,23H,2,14,16-17H2,1H3,(H,30,33). The van der Waals surface area contributed by atoms with E-state index in [9.17, 15) is 14.0 Å². The fourth-order valence-corrected chi connectivity index (χ4v) is 3.91. The molecule has 1 unspecified atom stereocenters. The minimum absolute atomic E-state index is 0.103. The van der Waals surface area contributed by atoms with Gasteiger partial charge in [-0.15, -0.1) is 0 Å². The summed E-state index contributed by atoms with van der Waals surface area (Å²) < 4.78 is 19.1. The molecule has 0 radical (unpaired) electrons. The van der Waals surface area contributed by atoms with Crippen molar-refractivity contribution in [2.24, 2.45) is 0 Å². The lowest BCUT2D eigenvalue weighted by Gasteiger charge is -2.31. The molecule has 3 aromatic rings. The highest BCUT2D eigenvalue weighted by atomic mass is 35.5. The van der Waals surface area contributed by atoms with Gasteiger partial charge in [-0.25, -0.2) is 4.39 Å². The molecule has 1 N–H and O–H groups in total. The third-order valence-electron chi connectivity index (χ3n) is 5.13. The van der Waals surface area contributed by atoms with Gasteiger partial charge in [-0.3, -0.25) is 9.59 Å². The number of ether oxygens (including phenoxy) is 1. The van der Waals surface area contributed by atoms with E-state index in [-0.39, 0.29) is 29.9 Å². The largest absolute Gasteiger partial charge is 0.482 e. The van der Waals surface area contributed by atoms with E-state index in [4.69, 9.17) is 27.9 Å². The first-order valence-corrected chi connectivity index (χ1v) is 11.6. The maximum absolute atomic E-state index is 13.4. The van der Waals surface area contributed by atoms with E-state index < -0.39 is 11.9 Å². The number of carbonyl (C=O) groups is 2. The van der Waals surface area contributed by atoms with Crippen molar-refractivity contribution in [2.45, 2.75) is 25.9 Å². The van der Waals surface area contributed by atoms with Gasteiger partial charge in [0.1, 0.15) is 17.6 Å². The van der Waals surface area contributed by atoms with Gasteiger partial charge < -0.3 is 15.0 Å². The Balaban J connectivity index is 1.89. The Morgan fingerprint density at radius 2 is 1.71 bits per heavy atom. The topological polar surface area (TPSA) is 58.6 Å². The van der Waals surface area contributed by atoms with Crippen LogP contribution in [0.2, 0.25) is 10.0 Å². The minimum Gasteiger partial charge on any atom is -0.482 e. The van der Waals surface area contributed by atoms with Crippen molar-refractivity contribution in [2.75, 3.05) is 13.2 Å². The van der Waals surface area contributed by atoms with E-state index in [1.54, 1.807) is 24.3 Å². The molecule has 178 valence electrons. The third kappa shape index (κ3) is 7.20. The second-order valence-corrected chi connectivity index (χ2v) is 8.46. The highest BCUT2D eigenvalue weighted by molar-refractivity contribution is 6.35. The van der Waals surface area contributed by atoms with Gasteiger partial charge in [0.2, 0.25) is 5.91 Å². The molecular formula is C26H25Cl2FN2O3. The van der Waals surface area contributed by atoms with Crippen LogP contribution in [-0.4, -0.2) is 35.9 Å². The van der Waals surface area contributed by atoms with Gasteiger partial charge >= 0.3 is 0 Å². The number of likely N-dealkylation sites (N-methyl/N-ethyl adjacent to an activating group) is 1. The molecule has 3 rings (SSSR count). The predicted molar refractivity (Wildman–Crippen MR) is 132 cm³/mol. The summed E-state index contributed by atoms with van der Waals surface area (Å²) in [7, 11) is 0. The van der Waals surface area contributed by atoms with Crippen molar-refractivity contribution in [1.29, 1.82) is 0 Å². The lowest BCUT2D eigenvalue weighted by Crippen LogP contribution is -2.51. The van der Waals surface area contributed by atoms with Gasteiger partial charge in [0.15, 0.2) is 6.61 Å². The molecule has 0 heterocycles. The molecule has 0 aliphatic heterocycles. The Labute approximate surface area is 208 Å². The smallest absolute Gasteiger partial charge is 0.261 e. The quantitative estimate of drug-likeness (QED) is 0.409. The summed E-state index contributed by atoms with van der Waals surface area (Å²) in [4.78, 5) is 27.9. The summed E-state index contributed by atoms with van der Waals surface area (Å²) in [5.41, 5.74) is 1.58. The molecule has 0 bridgehead atoms. The van der Waals surface area contributed by atoms with Crippen molar-refractivity contribution in [3.8, 4) is 5.75 Å². The number of nitrogens with zero attached hydrogens (tertiary/aromatic N) is 1. The Hall–Kier alpha value is -3.09. The van der Waals surface area contributed by atoms with Crippen LogP contribution in [0.3, 0.4) is 0 Å². The fourth-order valence-electron chi connectivity index (χ4n) is 3.45. The fraction of sp³-hybridized carbons (Fsp3) is 0.231. The van der Waals surface area contributed by atoms with Crippen LogP contribution in [0.5, 0.6) is 5.75 Å². The molecule has 0 fully saturated rings. The van der Waals surface area contributed by atoms with Crippen LogP contribution in [0.15, 0.2) is 72.8 Å². The van der Waals surface area contributed by atoms with Gasteiger partial charge in [-0.2, -0.15) is 0 Å². The Bertz CT molecular complexity index is 1110. The molecular weight excluding hydrogens is 478 g/mol. The van der Waals surface area contributed by atoms with Gasteiger partial charge in [-0.1, -0.05) is 65.7 Å². The Morgan fingerprint density at radius 3 is 2.35 bits per heavy atom. The molecule has 0 saturated heterocycles. The molecule has 3 aromatic carbocycles. The third-order valence-corrected chi connectivity index (χ3v) is 5.66. The Morgan fingerprint density at radius 1 is 1.00 bits per heavy atom. The molecule has 1 atom stereocenters. The van der Waals surface area contributed by atoms with Gasteiger partial charge in [-0.05, 0) is 48.4 Å². The number of hydrogen-bond acceptors (Lipinski definition) is 3. The zero-order valence-electron chi connectivity index (χ0n) is 18.6. The van der Waals surface area contributed by atoms with E-state index in [0.717, 1.165) is 5.56 Å². The van der Waals surface area contributed by atoms with Crippen molar-refractivity contribution in [3.63, 3.8) is 0 Å². The maximum atomic E-state index is 13.4. The summed E-state index contributed by atoms with van der Waals surface area (Å²) in [5.74, 6) is -0.778. The van der Waals surface area contributed by atoms with Crippen LogP contribution in [0.1, 0.15) is 18.1 Å². The van der Waals surface area contributed by atoms with E-state index in [1.165, 1.54) is 23.1 Å². The first kappa shape index (κ1) is 25.5. The Kier molecular flexibility index (Phi) is 9.31. The number of nitrogens with one attached hydrogen (secondary N) is 1. The monoisotopic (exact) mass is 502 g/mol. The van der Waals surface area contributed by atoms with Crippen LogP contribution in [0, 0.1) is 5.82 Å². The van der Waals surface area contributed by atoms with Crippen LogP contribution < -0.4 is 10.1 Å². The first-order valence-electron chi connectivity index (χ1n) is 10.8.